The van der Waals surface area contributed by atoms with Crippen molar-refractivity contribution >= 4 is 41.5 Å². The summed E-state index contributed by atoms with van der Waals surface area (Å²) in [6.45, 7) is 5.01. The fourth-order valence-corrected chi connectivity index (χ4v) is 2.67. The van der Waals surface area contributed by atoms with Crippen LogP contribution in [0.5, 0.6) is 0 Å². The fraction of sp³-hybridized carbons (Fsp3) is 0.421. The highest BCUT2D eigenvalue weighted by molar-refractivity contribution is 14.0. The van der Waals surface area contributed by atoms with Gasteiger partial charge >= 0.3 is 0 Å². The summed E-state index contributed by atoms with van der Waals surface area (Å²) in [6.07, 6.45) is 1.36. The van der Waals surface area contributed by atoms with Crippen LogP contribution in [0.25, 0.3) is 0 Å². The number of guanidine groups is 1. The number of ether oxygens (including phenoxy) is 1. The lowest BCUT2D eigenvalue weighted by molar-refractivity contribution is 0.0436. The molecule has 0 aliphatic rings. The first-order valence-corrected chi connectivity index (χ1v) is 8.91. The van der Waals surface area contributed by atoms with Gasteiger partial charge in [0, 0.05) is 25.2 Å². The van der Waals surface area contributed by atoms with Crippen molar-refractivity contribution < 1.29 is 14.3 Å². The Kier molecular flexibility index (Phi) is 10.1. The minimum Gasteiger partial charge on any atom is -0.466 e. The van der Waals surface area contributed by atoms with Gasteiger partial charge in [-0.2, -0.15) is 0 Å². The number of rotatable bonds is 8. The van der Waals surface area contributed by atoms with Crippen LogP contribution in [0.3, 0.4) is 0 Å². The van der Waals surface area contributed by atoms with Gasteiger partial charge in [0.15, 0.2) is 5.96 Å². The van der Waals surface area contributed by atoms with Gasteiger partial charge in [0.1, 0.15) is 11.4 Å². The second kappa shape index (κ2) is 11.5. The third-order valence-corrected chi connectivity index (χ3v) is 4.14. The standard InChI is InChI=1S/C19H26ClN3O3.HI/c1-4-21-18(23-13-19(2,24)17-9-6-10-26-17)22-12-16(25-3)14-7-5-8-15(20)11-14;/h5-11,16,24H,4,12-13H2,1-3H3,(H2,21,22,23);1H. The molecule has 27 heavy (non-hydrogen) atoms. The highest BCUT2D eigenvalue weighted by Crippen LogP contribution is 2.21. The molecule has 2 aromatic rings. The fourth-order valence-electron chi connectivity index (χ4n) is 2.47. The van der Waals surface area contributed by atoms with Crippen molar-refractivity contribution in [2.24, 2.45) is 4.99 Å². The molecule has 6 nitrogen and oxygen atoms in total. The van der Waals surface area contributed by atoms with Gasteiger partial charge in [0.05, 0.1) is 18.9 Å². The summed E-state index contributed by atoms with van der Waals surface area (Å²) in [4.78, 5) is 4.46. The Hall–Kier alpha value is -1.29. The molecule has 150 valence electrons. The first kappa shape index (κ1) is 23.7. The molecular weight excluding hydrogens is 481 g/mol. The first-order valence-electron chi connectivity index (χ1n) is 8.53. The smallest absolute Gasteiger partial charge is 0.191 e. The highest BCUT2D eigenvalue weighted by Gasteiger charge is 2.26. The lowest BCUT2D eigenvalue weighted by Gasteiger charge is -2.21. The van der Waals surface area contributed by atoms with Gasteiger partial charge in [0.25, 0.3) is 0 Å². The molecule has 0 aliphatic heterocycles. The number of hydrogen-bond acceptors (Lipinski definition) is 4. The van der Waals surface area contributed by atoms with E-state index in [2.05, 4.69) is 15.6 Å². The number of aliphatic hydroxyl groups is 1. The number of nitrogens with zero attached hydrogens (tertiary/aromatic N) is 1. The minimum absolute atomic E-state index is 0. The molecule has 3 N–H and O–H groups in total. The molecule has 0 saturated carbocycles. The summed E-state index contributed by atoms with van der Waals surface area (Å²) in [5.41, 5.74) is -0.203. The Morgan fingerprint density at radius 3 is 2.70 bits per heavy atom. The van der Waals surface area contributed by atoms with Crippen molar-refractivity contribution in [1.29, 1.82) is 0 Å². The van der Waals surface area contributed by atoms with Gasteiger partial charge in [-0.25, -0.2) is 4.99 Å². The van der Waals surface area contributed by atoms with Gasteiger partial charge in [0.2, 0.25) is 0 Å². The van der Waals surface area contributed by atoms with E-state index in [4.69, 9.17) is 20.8 Å². The average molecular weight is 508 g/mol. The molecule has 8 heteroatoms. The first-order chi connectivity index (χ1) is 12.5. The number of halogens is 2. The molecule has 2 atom stereocenters. The van der Waals surface area contributed by atoms with E-state index in [9.17, 15) is 5.11 Å². The number of benzene rings is 1. The molecular formula is C19H27ClIN3O3. The van der Waals surface area contributed by atoms with Crippen LogP contribution in [0.1, 0.15) is 31.3 Å². The van der Waals surface area contributed by atoms with Crippen molar-refractivity contribution in [2.75, 3.05) is 26.7 Å². The summed E-state index contributed by atoms with van der Waals surface area (Å²) >= 11 is 6.06. The molecule has 1 aromatic heterocycles. The van der Waals surface area contributed by atoms with Gasteiger partial charge in [-0.15, -0.1) is 24.0 Å². The summed E-state index contributed by atoms with van der Waals surface area (Å²) in [5, 5.41) is 17.6. The van der Waals surface area contributed by atoms with E-state index in [1.807, 2.05) is 31.2 Å². The number of aliphatic imine (C=N–C) groups is 1. The van der Waals surface area contributed by atoms with Crippen LogP contribution in [0.2, 0.25) is 5.02 Å². The van der Waals surface area contributed by atoms with Crippen LogP contribution in [0, 0.1) is 0 Å². The summed E-state index contributed by atoms with van der Waals surface area (Å²) in [5.74, 6) is 1.06. The summed E-state index contributed by atoms with van der Waals surface area (Å²) < 4.78 is 10.8. The molecule has 0 radical (unpaired) electrons. The van der Waals surface area contributed by atoms with Crippen molar-refractivity contribution in [3.63, 3.8) is 0 Å². The molecule has 0 fully saturated rings. The molecule has 2 rings (SSSR count). The maximum atomic E-state index is 10.5. The lowest BCUT2D eigenvalue weighted by Crippen LogP contribution is -2.40. The second-order valence-corrected chi connectivity index (χ2v) is 6.54. The average Bonchev–Trinajstić information content (AvgIpc) is 3.16. The predicted octanol–water partition coefficient (Wildman–Crippen LogP) is 3.70. The zero-order chi connectivity index (χ0) is 19.0. The Morgan fingerprint density at radius 2 is 2.11 bits per heavy atom. The Balaban J connectivity index is 0.00000364. The number of nitrogens with one attached hydrogen (secondary N) is 2. The SMILES string of the molecule is CCNC(=NCC(C)(O)c1ccco1)NCC(OC)c1cccc(Cl)c1.I. The lowest BCUT2D eigenvalue weighted by atomic mass is 10.0. The van der Waals surface area contributed by atoms with Crippen molar-refractivity contribution in [1.82, 2.24) is 10.6 Å². The van der Waals surface area contributed by atoms with Crippen LogP contribution in [-0.2, 0) is 10.3 Å². The van der Waals surface area contributed by atoms with Crippen LogP contribution in [-0.4, -0.2) is 37.8 Å². The molecule has 1 aromatic carbocycles. The van der Waals surface area contributed by atoms with E-state index in [-0.39, 0.29) is 36.6 Å². The van der Waals surface area contributed by atoms with E-state index < -0.39 is 5.60 Å². The molecule has 2 unspecified atom stereocenters. The maximum Gasteiger partial charge on any atom is 0.191 e. The monoisotopic (exact) mass is 507 g/mol. The molecule has 0 saturated heterocycles. The quantitative estimate of drug-likeness (QED) is 0.288. The zero-order valence-electron chi connectivity index (χ0n) is 15.7. The third kappa shape index (κ3) is 7.33. The third-order valence-electron chi connectivity index (χ3n) is 3.90. The Bertz CT molecular complexity index is 708. The van der Waals surface area contributed by atoms with Crippen molar-refractivity contribution in [3.8, 4) is 0 Å². The topological polar surface area (TPSA) is 79.0 Å². The highest BCUT2D eigenvalue weighted by atomic mass is 127. The second-order valence-electron chi connectivity index (χ2n) is 6.11. The number of furan rings is 1. The maximum absolute atomic E-state index is 10.5. The van der Waals surface area contributed by atoms with Gasteiger partial charge in [-0.05, 0) is 43.7 Å². The molecule has 0 bridgehead atoms. The zero-order valence-corrected chi connectivity index (χ0v) is 18.8. The van der Waals surface area contributed by atoms with Crippen LogP contribution < -0.4 is 10.6 Å². The van der Waals surface area contributed by atoms with Crippen LogP contribution in [0.15, 0.2) is 52.1 Å². The summed E-state index contributed by atoms with van der Waals surface area (Å²) in [7, 11) is 1.65. The van der Waals surface area contributed by atoms with E-state index >= 15 is 0 Å². The number of methoxy groups -OCH3 is 1. The number of hydrogen-bond donors (Lipinski definition) is 3. The van der Waals surface area contributed by atoms with Crippen LogP contribution >= 0.6 is 35.6 Å². The summed E-state index contributed by atoms with van der Waals surface area (Å²) in [6, 6.07) is 11.0. The molecule has 1 heterocycles. The van der Waals surface area contributed by atoms with Crippen LogP contribution in [0.4, 0.5) is 0 Å². The molecule has 0 aliphatic carbocycles. The van der Waals surface area contributed by atoms with E-state index in [0.717, 1.165) is 5.56 Å². The Labute approximate surface area is 182 Å². The Morgan fingerprint density at radius 1 is 1.33 bits per heavy atom. The predicted molar refractivity (Wildman–Crippen MR) is 119 cm³/mol. The minimum atomic E-state index is -1.18. The van der Waals surface area contributed by atoms with E-state index in [1.54, 1.807) is 26.2 Å². The van der Waals surface area contributed by atoms with E-state index in [0.29, 0.717) is 29.8 Å². The molecule has 0 spiro atoms. The largest absolute Gasteiger partial charge is 0.466 e. The normalized spacial score (nSPS) is 14.8. The van der Waals surface area contributed by atoms with Gasteiger partial charge in [-0.1, -0.05) is 23.7 Å². The van der Waals surface area contributed by atoms with Gasteiger partial charge in [-0.3, -0.25) is 0 Å². The van der Waals surface area contributed by atoms with Crippen molar-refractivity contribution in [3.05, 3.63) is 59.0 Å². The van der Waals surface area contributed by atoms with E-state index in [1.165, 1.54) is 6.26 Å². The van der Waals surface area contributed by atoms with Gasteiger partial charge < -0.3 is 24.9 Å². The van der Waals surface area contributed by atoms with Crippen molar-refractivity contribution in [2.45, 2.75) is 25.6 Å². The molecule has 0 amide bonds.